The third kappa shape index (κ3) is 5.34. The van der Waals surface area contributed by atoms with Crippen LogP contribution in [0.4, 0.5) is 0 Å². The van der Waals surface area contributed by atoms with Crippen molar-refractivity contribution in [3.8, 4) is 5.75 Å². The predicted molar refractivity (Wildman–Crippen MR) is 102 cm³/mol. The van der Waals surface area contributed by atoms with Gasteiger partial charge in [-0.2, -0.15) is 0 Å². The summed E-state index contributed by atoms with van der Waals surface area (Å²) < 4.78 is 5.19. The number of carbonyl (C=O) groups excluding carboxylic acids is 2. The van der Waals surface area contributed by atoms with Gasteiger partial charge in [-0.25, -0.2) is 0 Å². The Bertz CT molecular complexity index is 729. The summed E-state index contributed by atoms with van der Waals surface area (Å²) in [4.78, 5) is 26.7. The van der Waals surface area contributed by atoms with E-state index in [9.17, 15) is 9.59 Å². The Hall–Kier alpha value is -2.82. The van der Waals surface area contributed by atoms with Crippen LogP contribution in [0.1, 0.15) is 36.2 Å². The van der Waals surface area contributed by atoms with Crippen molar-refractivity contribution in [2.75, 3.05) is 13.7 Å². The van der Waals surface area contributed by atoms with E-state index in [0.717, 1.165) is 5.56 Å². The van der Waals surface area contributed by atoms with Crippen molar-refractivity contribution in [2.24, 2.45) is 0 Å². The minimum atomic E-state index is -0.241. The van der Waals surface area contributed by atoms with Gasteiger partial charge in [0.15, 0.2) is 0 Å². The maximum atomic E-state index is 12.6. The Kier molecular flexibility index (Phi) is 7.21. The molecule has 0 aliphatic carbocycles. The fourth-order valence-electron chi connectivity index (χ4n) is 2.69. The average Bonchev–Trinajstić information content (AvgIpc) is 2.66. The summed E-state index contributed by atoms with van der Waals surface area (Å²) in [6, 6.07) is 17.0. The summed E-state index contributed by atoms with van der Waals surface area (Å²) in [5, 5.41) is 2.80. The van der Waals surface area contributed by atoms with Gasteiger partial charge >= 0.3 is 0 Å². The van der Waals surface area contributed by atoms with Crippen molar-refractivity contribution in [3.63, 3.8) is 0 Å². The van der Waals surface area contributed by atoms with E-state index in [-0.39, 0.29) is 30.8 Å². The molecule has 5 heteroatoms. The summed E-state index contributed by atoms with van der Waals surface area (Å²) in [6.45, 7) is 4.84. The number of benzene rings is 2. The molecule has 0 heterocycles. The molecule has 0 unspecified atom stereocenters. The Balaban J connectivity index is 1.90. The summed E-state index contributed by atoms with van der Waals surface area (Å²) in [6.07, 6.45) is 0.256. The monoisotopic (exact) mass is 354 g/mol. The maximum Gasteiger partial charge on any atom is 0.255 e. The number of nitrogens with zero attached hydrogens (tertiary/aromatic N) is 1. The van der Waals surface area contributed by atoms with Gasteiger partial charge in [0, 0.05) is 25.6 Å². The lowest BCUT2D eigenvalue weighted by Crippen LogP contribution is -2.38. The highest BCUT2D eigenvalue weighted by molar-refractivity contribution is 5.97. The molecule has 0 aliphatic rings. The van der Waals surface area contributed by atoms with E-state index in [1.54, 1.807) is 18.2 Å². The standard InChI is InChI=1S/C21H26N2O3/c1-16(2)23(15-17-9-5-4-6-10-17)20(24)13-14-22-21(25)18-11-7-8-12-19(18)26-3/h4-12,16H,13-15H2,1-3H3,(H,22,25). The number of amides is 2. The largest absolute Gasteiger partial charge is 0.496 e. The molecule has 2 aromatic rings. The van der Waals surface area contributed by atoms with Crippen molar-refractivity contribution in [3.05, 3.63) is 65.7 Å². The molecule has 0 bridgehead atoms. The van der Waals surface area contributed by atoms with Crippen molar-refractivity contribution in [2.45, 2.75) is 32.9 Å². The van der Waals surface area contributed by atoms with Crippen LogP contribution in [0.25, 0.3) is 0 Å². The first kappa shape index (κ1) is 19.5. The fourth-order valence-corrected chi connectivity index (χ4v) is 2.69. The number of ether oxygens (including phenoxy) is 1. The van der Waals surface area contributed by atoms with E-state index >= 15 is 0 Å². The molecule has 0 aromatic heterocycles. The minimum absolute atomic E-state index is 0.0178. The van der Waals surface area contributed by atoms with Gasteiger partial charge in [-0.3, -0.25) is 9.59 Å². The Labute approximate surface area is 155 Å². The first-order chi connectivity index (χ1) is 12.5. The molecule has 0 spiro atoms. The molecule has 1 N–H and O–H groups in total. The number of hydrogen-bond acceptors (Lipinski definition) is 3. The van der Waals surface area contributed by atoms with Crippen LogP contribution in [0, 0.1) is 0 Å². The predicted octanol–water partition coefficient (Wildman–Crippen LogP) is 3.25. The number of methoxy groups -OCH3 is 1. The molecule has 2 amide bonds. The van der Waals surface area contributed by atoms with Crippen molar-refractivity contribution >= 4 is 11.8 Å². The molecule has 26 heavy (non-hydrogen) atoms. The third-order valence-corrected chi connectivity index (χ3v) is 4.12. The van der Waals surface area contributed by atoms with E-state index in [1.165, 1.54) is 7.11 Å². The van der Waals surface area contributed by atoms with Crippen molar-refractivity contribution in [1.29, 1.82) is 0 Å². The van der Waals surface area contributed by atoms with Gasteiger partial charge in [-0.15, -0.1) is 0 Å². The topological polar surface area (TPSA) is 58.6 Å². The van der Waals surface area contributed by atoms with Crippen LogP contribution >= 0.6 is 0 Å². The Morgan fingerprint density at radius 1 is 1.04 bits per heavy atom. The quantitative estimate of drug-likeness (QED) is 0.792. The fraction of sp³-hybridized carbons (Fsp3) is 0.333. The van der Waals surface area contributed by atoms with Crippen molar-refractivity contribution in [1.82, 2.24) is 10.2 Å². The third-order valence-electron chi connectivity index (χ3n) is 4.12. The Morgan fingerprint density at radius 3 is 2.35 bits per heavy atom. The van der Waals surface area contributed by atoms with Crippen LogP contribution in [0.5, 0.6) is 5.75 Å². The summed E-state index contributed by atoms with van der Waals surface area (Å²) in [5.41, 5.74) is 1.56. The molecule has 0 atom stereocenters. The summed E-state index contributed by atoms with van der Waals surface area (Å²) in [5.74, 6) is 0.294. The van der Waals surface area contributed by atoms with Crippen LogP contribution in [0.3, 0.4) is 0 Å². The second-order valence-corrected chi connectivity index (χ2v) is 6.31. The van der Waals surface area contributed by atoms with Gasteiger partial charge in [0.2, 0.25) is 5.91 Å². The smallest absolute Gasteiger partial charge is 0.255 e. The number of carbonyl (C=O) groups is 2. The van der Waals surface area contributed by atoms with E-state index in [2.05, 4.69) is 5.32 Å². The van der Waals surface area contributed by atoms with E-state index in [0.29, 0.717) is 17.9 Å². The Morgan fingerprint density at radius 2 is 1.69 bits per heavy atom. The van der Waals surface area contributed by atoms with Crippen LogP contribution in [-0.2, 0) is 11.3 Å². The second-order valence-electron chi connectivity index (χ2n) is 6.31. The van der Waals surface area contributed by atoms with E-state index in [4.69, 9.17) is 4.74 Å². The van der Waals surface area contributed by atoms with Gasteiger partial charge in [0.25, 0.3) is 5.91 Å². The zero-order valence-corrected chi connectivity index (χ0v) is 15.6. The second kappa shape index (κ2) is 9.61. The van der Waals surface area contributed by atoms with Gasteiger partial charge < -0.3 is 15.0 Å². The SMILES string of the molecule is COc1ccccc1C(=O)NCCC(=O)N(Cc1ccccc1)C(C)C. The molecule has 0 aliphatic heterocycles. The normalized spacial score (nSPS) is 10.5. The average molecular weight is 354 g/mol. The number of nitrogens with one attached hydrogen (secondary N) is 1. The first-order valence-corrected chi connectivity index (χ1v) is 8.77. The highest BCUT2D eigenvalue weighted by atomic mass is 16.5. The van der Waals surface area contributed by atoms with E-state index < -0.39 is 0 Å². The van der Waals surface area contributed by atoms with Crippen LogP contribution in [0.15, 0.2) is 54.6 Å². The number of hydrogen-bond donors (Lipinski definition) is 1. The molecule has 2 rings (SSSR count). The molecular formula is C21H26N2O3. The molecule has 138 valence electrons. The summed E-state index contributed by atoms with van der Waals surface area (Å²) in [7, 11) is 1.53. The number of rotatable bonds is 8. The molecule has 2 aromatic carbocycles. The van der Waals surface area contributed by atoms with Crippen LogP contribution < -0.4 is 10.1 Å². The van der Waals surface area contributed by atoms with Crippen LogP contribution in [0.2, 0.25) is 0 Å². The molecular weight excluding hydrogens is 328 g/mol. The summed E-state index contributed by atoms with van der Waals surface area (Å²) >= 11 is 0. The molecule has 0 radical (unpaired) electrons. The minimum Gasteiger partial charge on any atom is -0.496 e. The first-order valence-electron chi connectivity index (χ1n) is 8.77. The van der Waals surface area contributed by atoms with Gasteiger partial charge in [0.1, 0.15) is 5.75 Å². The highest BCUT2D eigenvalue weighted by Gasteiger charge is 2.18. The van der Waals surface area contributed by atoms with Crippen LogP contribution in [-0.4, -0.2) is 36.4 Å². The van der Waals surface area contributed by atoms with Gasteiger partial charge in [-0.1, -0.05) is 42.5 Å². The van der Waals surface area contributed by atoms with Gasteiger partial charge in [0.05, 0.1) is 12.7 Å². The molecule has 0 saturated carbocycles. The lowest BCUT2D eigenvalue weighted by molar-refractivity contribution is -0.133. The zero-order valence-electron chi connectivity index (χ0n) is 15.6. The van der Waals surface area contributed by atoms with E-state index in [1.807, 2.05) is 55.1 Å². The van der Waals surface area contributed by atoms with Gasteiger partial charge in [-0.05, 0) is 31.5 Å². The highest BCUT2D eigenvalue weighted by Crippen LogP contribution is 2.17. The van der Waals surface area contributed by atoms with Crippen molar-refractivity contribution < 1.29 is 14.3 Å². The maximum absolute atomic E-state index is 12.6. The molecule has 0 fully saturated rings. The zero-order chi connectivity index (χ0) is 18.9. The number of para-hydroxylation sites is 1. The lowest BCUT2D eigenvalue weighted by Gasteiger charge is -2.27. The molecule has 5 nitrogen and oxygen atoms in total. The molecule has 0 saturated heterocycles. The lowest BCUT2D eigenvalue weighted by atomic mass is 10.1.